The number of aromatic nitrogens is 4. The van der Waals surface area contributed by atoms with Gasteiger partial charge in [0.05, 0.1) is 5.52 Å². The van der Waals surface area contributed by atoms with Crippen LogP contribution < -0.4 is 4.90 Å². The first kappa shape index (κ1) is 18.3. The third kappa shape index (κ3) is 3.18. The molecule has 0 radical (unpaired) electrons. The lowest BCUT2D eigenvalue weighted by atomic mass is 10.1. The molecule has 5 aromatic rings. The monoisotopic (exact) mass is 393 g/mol. The average Bonchev–Trinajstić information content (AvgIpc) is 3.19. The van der Waals surface area contributed by atoms with Crippen molar-refractivity contribution in [2.24, 2.45) is 0 Å². The minimum absolute atomic E-state index is 0.742. The van der Waals surface area contributed by atoms with Gasteiger partial charge in [0.1, 0.15) is 0 Å². The Kier molecular flexibility index (Phi) is 4.43. The van der Waals surface area contributed by atoms with Gasteiger partial charge in [0.25, 0.3) is 0 Å². The van der Waals surface area contributed by atoms with Gasteiger partial charge in [-0.1, -0.05) is 65.7 Å². The lowest BCUT2D eigenvalue weighted by Crippen LogP contribution is -2.21. The van der Waals surface area contributed by atoms with E-state index in [-0.39, 0.29) is 0 Å². The zero-order chi connectivity index (χ0) is 20.7. The minimum Gasteiger partial charge on any atom is -0.341 e. The van der Waals surface area contributed by atoms with Crippen LogP contribution in [-0.4, -0.2) is 26.6 Å². The van der Waals surface area contributed by atoms with E-state index in [0.29, 0.717) is 0 Å². The maximum Gasteiger partial charge on any atom is 0.213 e. The van der Waals surface area contributed by atoms with Crippen LogP contribution in [0.5, 0.6) is 0 Å². The molecule has 0 unspecified atom stereocenters. The van der Waals surface area contributed by atoms with Crippen LogP contribution in [0, 0.1) is 13.8 Å². The van der Waals surface area contributed by atoms with Crippen LogP contribution in [-0.2, 0) is 6.54 Å². The van der Waals surface area contributed by atoms with Crippen molar-refractivity contribution in [1.29, 1.82) is 0 Å². The summed E-state index contributed by atoms with van der Waals surface area (Å²) in [6, 6.07) is 25.1. The third-order valence-electron chi connectivity index (χ3n) is 5.36. The third-order valence-corrected chi connectivity index (χ3v) is 5.36. The summed E-state index contributed by atoms with van der Waals surface area (Å²) in [7, 11) is 2.06. The van der Waals surface area contributed by atoms with Crippen molar-refractivity contribution >= 4 is 22.5 Å². The lowest BCUT2D eigenvalue weighted by molar-refractivity contribution is 0.857. The van der Waals surface area contributed by atoms with Gasteiger partial charge < -0.3 is 4.90 Å². The minimum atomic E-state index is 0.742. The average molecular weight is 393 g/mol. The van der Waals surface area contributed by atoms with Gasteiger partial charge in [0, 0.05) is 24.5 Å². The second-order valence-electron chi connectivity index (χ2n) is 7.83. The molecule has 0 atom stereocenters. The SMILES string of the molecule is Cc1cccc(-c2nnc3c4cc(C)ccc4nc(N(C)Cc4ccccc4)n23)c1. The molecule has 5 rings (SSSR count). The molecule has 0 aliphatic rings. The van der Waals surface area contributed by atoms with E-state index in [0.717, 1.165) is 40.4 Å². The van der Waals surface area contributed by atoms with Crippen molar-refractivity contribution in [3.8, 4) is 11.4 Å². The zero-order valence-electron chi connectivity index (χ0n) is 17.4. The summed E-state index contributed by atoms with van der Waals surface area (Å²) in [5.74, 6) is 1.63. The molecular weight excluding hydrogens is 370 g/mol. The molecule has 0 saturated carbocycles. The summed E-state index contributed by atoms with van der Waals surface area (Å²) < 4.78 is 2.08. The predicted molar refractivity (Wildman–Crippen MR) is 122 cm³/mol. The van der Waals surface area contributed by atoms with Crippen molar-refractivity contribution < 1.29 is 0 Å². The largest absolute Gasteiger partial charge is 0.341 e. The summed E-state index contributed by atoms with van der Waals surface area (Å²) in [5.41, 5.74) is 6.38. The van der Waals surface area contributed by atoms with Crippen LogP contribution in [0.4, 0.5) is 5.95 Å². The quantitative estimate of drug-likeness (QED) is 0.421. The molecule has 0 spiro atoms. The normalized spacial score (nSPS) is 11.3. The Bertz CT molecular complexity index is 1350. The number of hydrogen-bond donors (Lipinski definition) is 0. The summed E-state index contributed by atoms with van der Waals surface area (Å²) in [4.78, 5) is 7.19. The highest BCUT2D eigenvalue weighted by molar-refractivity contribution is 5.94. The van der Waals surface area contributed by atoms with Crippen LogP contribution in [0.3, 0.4) is 0 Å². The highest BCUT2D eigenvalue weighted by Crippen LogP contribution is 2.29. The molecule has 0 fully saturated rings. The lowest BCUT2D eigenvalue weighted by Gasteiger charge is -2.21. The van der Waals surface area contributed by atoms with Crippen molar-refractivity contribution in [3.05, 3.63) is 89.5 Å². The fraction of sp³-hybridized carbons (Fsp3) is 0.160. The smallest absolute Gasteiger partial charge is 0.213 e. The van der Waals surface area contributed by atoms with Gasteiger partial charge in [0.15, 0.2) is 11.5 Å². The number of hydrogen-bond acceptors (Lipinski definition) is 4. The Labute approximate surface area is 175 Å². The van der Waals surface area contributed by atoms with Gasteiger partial charge >= 0.3 is 0 Å². The highest BCUT2D eigenvalue weighted by Gasteiger charge is 2.19. The fourth-order valence-corrected chi connectivity index (χ4v) is 3.89. The molecule has 30 heavy (non-hydrogen) atoms. The first-order valence-electron chi connectivity index (χ1n) is 10.1. The van der Waals surface area contributed by atoms with Gasteiger partial charge in [0.2, 0.25) is 5.95 Å². The van der Waals surface area contributed by atoms with E-state index in [4.69, 9.17) is 4.98 Å². The number of nitrogens with zero attached hydrogens (tertiary/aromatic N) is 5. The molecule has 5 nitrogen and oxygen atoms in total. The molecule has 2 aromatic heterocycles. The molecule has 148 valence electrons. The van der Waals surface area contributed by atoms with Gasteiger partial charge in [-0.25, -0.2) is 9.38 Å². The number of anilines is 1. The Balaban J connectivity index is 1.76. The van der Waals surface area contributed by atoms with Crippen molar-refractivity contribution in [3.63, 3.8) is 0 Å². The molecule has 3 aromatic carbocycles. The van der Waals surface area contributed by atoms with E-state index < -0.39 is 0 Å². The molecule has 0 aliphatic carbocycles. The number of fused-ring (bicyclic) bond motifs is 3. The molecule has 0 saturated heterocycles. The van der Waals surface area contributed by atoms with E-state index in [2.05, 4.69) is 107 Å². The predicted octanol–water partition coefficient (Wildman–Crippen LogP) is 5.20. The molecule has 0 amide bonds. The van der Waals surface area contributed by atoms with Crippen LogP contribution in [0.2, 0.25) is 0 Å². The second-order valence-corrected chi connectivity index (χ2v) is 7.83. The van der Waals surface area contributed by atoms with Gasteiger partial charge in [-0.3, -0.25) is 0 Å². The van der Waals surface area contributed by atoms with E-state index in [1.165, 1.54) is 16.7 Å². The molecule has 5 heteroatoms. The van der Waals surface area contributed by atoms with Crippen LogP contribution in [0.15, 0.2) is 72.8 Å². The summed E-state index contributed by atoms with van der Waals surface area (Å²) in [5, 5.41) is 10.2. The Morgan fingerprint density at radius 3 is 2.43 bits per heavy atom. The molecule has 0 N–H and O–H groups in total. The Morgan fingerprint density at radius 2 is 1.63 bits per heavy atom. The maximum absolute atomic E-state index is 5.03. The standard InChI is InChI=1S/C25H23N5/c1-17-8-7-11-20(14-17)23-27-28-24-21-15-18(2)12-13-22(21)26-25(30(23)24)29(3)16-19-9-5-4-6-10-19/h4-15H,16H2,1-3H3. The van der Waals surface area contributed by atoms with Gasteiger partial charge in [-0.05, 0) is 37.6 Å². The maximum atomic E-state index is 5.03. The number of aryl methyl sites for hydroxylation is 2. The topological polar surface area (TPSA) is 46.3 Å². The fourth-order valence-electron chi connectivity index (χ4n) is 3.89. The number of rotatable bonds is 4. The first-order valence-corrected chi connectivity index (χ1v) is 10.1. The van der Waals surface area contributed by atoms with Crippen LogP contribution in [0.1, 0.15) is 16.7 Å². The summed E-state index contributed by atoms with van der Waals surface area (Å²) in [6.45, 7) is 4.92. The number of benzene rings is 3. The van der Waals surface area contributed by atoms with Crippen molar-refractivity contribution in [2.75, 3.05) is 11.9 Å². The molecular formula is C25H23N5. The van der Waals surface area contributed by atoms with E-state index >= 15 is 0 Å². The van der Waals surface area contributed by atoms with Crippen LogP contribution in [0.25, 0.3) is 27.9 Å². The highest BCUT2D eigenvalue weighted by atomic mass is 15.3. The summed E-state index contributed by atoms with van der Waals surface area (Å²) in [6.07, 6.45) is 0. The van der Waals surface area contributed by atoms with E-state index in [1.54, 1.807) is 0 Å². The van der Waals surface area contributed by atoms with Crippen molar-refractivity contribution in [1.82, 2.24) is 19.6 Å². The van der Waals surface area contributed by atoms with Gasteiger partial charge in [-0.15, -0.1) is 10.2 Å². The van der Waals surface area contributed by atoms with E-state index in [9.17, 15) is 0 Å². The molecule has 0 bridgehead atoms. The molecule has 0 aliphatic heterocycles. The Morgan fingerprint density at radius 1 is 0.833 bits per heavy atom. The van der Waals surface area contributed by atoms with Gasteiger partial charge in [-0.2, -0.15) is 0 Å². The van der Waals surface area contributed by atoms with E-state index in [1.807, 2.05) is 6.07 Å². The second kappa shape index (κ2) is 7.26. The summed E-state index contributed by atoms with van der Waals surface area (Å²) >= 11 is 0. The first-order chi connectivity index (χ1) is 14.6. The van der Waals surface area contributed by atoms with Crippen molar-refractivity contribution in [2.45, 2.75) is 20.4 Å². The van der Waals surface area contributed by atoms with Crippen LogP contribution >= 0.6 is 0 Å². The zero-order valence-corrected chi connectivity index (χ0v) is 17.4. The Hall–Kier alpha value is -3.73. The molecule has 2 heterocycles.